The second kappa shape index (κ2) is 15.3. The summed E-state index contributed by atoms with van der Waals surface area (Å²) in [5.41, 5.74) is 3.69. The number of phosphoric acid groups is 1. The average Bonchev–Trinajstić information content (AvgIpc) is 2.57. The van der Waals surface area contributed by atoms with Gasteiger partial charge in [0, 0.05) is 5.82 Å². The number of rotatable bonds is 15. The van der Waals surface area contributed by atoms with Gasteiger partial charge in [0.1, 0.15) is 0 Å². The van der Waals surface area contributed by atoms with Crippen molar-refractivity contribution in [2.24, 2.45) is 0 Å². The summed E-state index contributed by atoms with van der Waals surface area (Å²) in [7, 11) is -13.5. The zero-order valence-corrected chi connectivity index (χ0v) is 20.9. The van der Waals surface area contributed by atoms with Crippen molar-refractivity contribution in [2.75, 3.05) is 0 Å². The Bertz CT molecular complexity index is 768. The van der Waals surface area contributed by atoms with Crippen LogP contribution in [0.4, 0.5) is 0 Å². The summed E-state index contributed by atoms with van der Waals surface area (Å²) in [6.45, 7) is 8.32. The molecule has 0 fully saturated rings. The van der Waals surface area contributed by atoms with Gasteiger partial charge in [0.2, 0.25) is 0 Å². The smallest absolute Gasteiger partial charge is 0.326 e. The largest absolute Gasteiger partial charge is 0.486 e. The second-order valence-corrected chi connectivity index (χ2v) is 11.4. The van der Waals surface area contributed by atoms with Crippen molar-refractivity contribution in [3.63, 3.8) is 0 Å². The molecule has 0 aliphatic carbocycles. The van der Waals surface area contributed by atoms with Gasteiger partial charge in [-0.05, 0) is 59.3 Å². The lowest BCUT2D eigenvalue weighted by atomic mass is 10.0. The van der Waals surface area contributed by atoms with Crippen LogP contribution in [0.15, 0.2) is 46.8 Å². The number of allylic oxidation sites excluding steroid dienone is 7. The van der Waals surface area contributed by atoms with Gasteiger partial charge in [-0.25, -0.2) is 13.2 Å². The van der Waals surface area contributed by atoms with E-state index in [0.29, 0.717) is 5.82 Å². The monoisotopic (exact) mass is 484 g/mol. The lowest BCUT2D eigenvalue weighted by molar-refractivity contribution is 0.266. The normalized spacial score (nSPS) is 19.0. The van der Waals surface area contributed by atoms with Crippen molar-refractivity contribution in [3.05, 3.63) is 46.8 Å². The molecule has 8 nitrogen and oxygen atoms in total. The molecular weight excluding hydrogens is 449 g/mol. The SMILES string of the molecule is CCCCC(C)=CCCC(C)=CCCC(C)=CC=CP(=O)(O)OP(=O)(O)O[PH](=O)O. The van der Waals surface area contributed by atoms with Crippen molar-refractivity contribution >= 4 is 23.7 Å². The first-order valence-corrected chi connectivity index (χ1v) is 14.2. The predicted octanol–water partition coefficient (Wildman–Crippen LogP) is 6.79. The molecule has 0 aliphatic heterocycles. The maximum absolute atomic E-state index is 11.7. The van der Waals surface area contributed by atoms with Crippen molar-refractivity contribution in [1.29, 1.82) is 0 Å². The molecule has 3 atom stereocenters. The van der Waals surface area contributed by atoms with E-state index in [2.05, 4.69) is 41.5 Å². The summed E-state index contributed by atoms with van der Waals surface area (Å²) < 4.78 is 41.2. The van der Waals surface area contributed by atoms with E-state index in [1.54, 1.807) is 6.08 Å². The summed E-state index contributed by atoms with van der Waals surface area (Å²) >= 11 is 0. The molecule has 0 saturated carbocycles. The zero-order valence-electron chi connectivity index (χ0n) is 18.1. The van der Waals surface area contributed by atoms with Gasteiger partial charge in [-0.3, -0.25) is 9.13 Å². The second-order valence-electron chi connectivity index (χ2n) is 7.11. The molecule has 0 aromatic heterocycles. The Morgan fingerprint density at radius 2 is 1.50 bits per heavy atom. The van der Waals surface area contributed by atoms with Crippen LogP contribution in [0.2, 0.25) is 0 Å². The van der Waals surface area contributed by atoms with E-state index < -0.39 is 23.7 Å². The molecule has 30 heavy (non-hydrogen) atoms. The fourth-order valence-corrected chi connectivity index (χ4v) is 5.37. The lowest BCUT2D eigenvalue weighted by Crippen LogP contribution is -1.87. The molecule has 174 valence electrons. The Hall–Kier alpha value is -0.550. The minimum atomic E-state index is -5.10. The lowest BCUT2D eigenvalue weighted by Gasteiger charge is -2.11. The highest BCUT2D eigenvalue weighted by Gasteiger charge is 2.33. The molecule has 0 spiro atoms. The molecule has 11 heteroatoms. The Kier molecular flexibility index (Phi) is 15.0. The molecule has 0 rings (SSSR count). The van der Waals surface area contributed by atoms with Gasteiger partial charge in [-0.2, -0.15) is 0 Å². The van der Waals surface area contributed by atoms with Gasteiger partial charge in [-0.15, -0.1) is 0 Å². The topological polar surface area (TPSA) is 130 Å². The highest BCUT2D eigenvalue weighted by atomic mass is 31.3. The van der Waals surface area contributed by atoms with Crippen LogP contribution in [0, 0.1) is 0 Å². The Morgan fingerprint density at radius 1 is 0.967 bits per heavy atom. The van der Waals surface area contributed by atoms with E-state index in [0.717, 1.165) is 37.7 Å². The summed E-state index contributed by atoms with van der Waals surface area (Å²) in [6, 6.07) is 0. The van der Waals surface area contributed by atoms with Crippen LogP contribution < -0.4 is 0 Å². The molecule has 0 amide bonds. The predicted molar refractivity (Wildman–Crippen MR) is 121 cm³/mol. The minimum Gasteiger partial charge on any atom is -0.326 e. The van der Waals surface area contributed by atoms with Crippen molar-refractivity contribution in [3.8, 4) is 0 Å². The van der Waals surface area contributed by atoms with Crippen molar-refractivity contribution < 1.29 is 37.0 Å². The number of hydrogen-bond donors (Lipinski definition) is 3. The van der Waals surface area contributed by atoms with Crippen LogP contribution in [-0.2, 0) is 22.3 Å². The summed E-state index contributed by atoms with van der Waals surface area (Å²) in [5, 5.41) is 0. The van der Waals surface area contributed by atoms with Gasteiger partial charge in [0.25, 0.3) is 0 Å². The molecular formula is C19H35O8P3. The summed E-state index contributed by atoms with van der Waals surface area (Å²) in [6.07, 6.45) is 14.5. The minimum absolute atomic E-state index is 0.714. The molecule has 0 bridgehead atoms. The zero-order chi connectivity index (χ0) is 23.2. The first kappa shape index (κ1) is 29.5. The third-order valence-corrected chi connectivity index (χ3v) is 7.91. The molecule has 0 heterocycles. The fourth-order valence-electron chi connectivity index (χ4n) is 2.44. The van der Waals surface area contributed by atoms with E-state index in [-0.39, 0.29) is 0 Å². The van der Waals surface area contributed by atoms with Crippen molar-refractivity contribution in [2.45, 2.75) is 72.6 Å². The Balaban J connectivity index is 4.48. The fraction of sp³-hybridized carbons (Fsp3) is 0.579. The third kappa shape index (κ3) is 17.2. The Morgan fingerprint density at radius 3 is 2.03 bits per heavy atom. The summed E-state index contributed by atoms with van der Waals surface area (Å²) in [5.74, 6) is 0.714. The van der Waals surface area contributed by atoms with Crippen LogP contribution in [0.3, 0.4) is 0 Å². The molecule has 0 radical (unpaired) electrons. The molecule has 0 aromatic rings. The van der Waals surface area contributed by atoms with Crippen LogP contribution in [-0.4, -0.2) is 14.7 Å². The van der Waals surface area contributed by atoms with Gasteiger partial charge < -0.3 is 14.7 Å². The van der Waals surface area contributed by atoms with Crippen LogP contribution >= 0.6 is 23.7 Å². The third-order valence-electron chi connectivity index (χ3n) is 4.06. The van der Waals surface area contributed by atoms with E-state index in [1.807, 2.05) is 6.92 Å². The van der Waals surface area contributed by atoms with Gasteiger partial charge in [0.05, 0.1) is 0 Å². The highest BCUT2D eigenvalue weighted by Crippen LogP contribution is 2.63. The maximum Gasteiger partial charge on any atom is 0.486 e. The van der Waals surface area contributed by atoms with E-state index in [9.17, 15) is 18.6 Å². The molecule has 3 unspecified atom stereocenters. The van der Waals surface area contributed by atoms with Crippen LogP contribution in [0.1, 0.15) is 72.6 Å². The Labute approximate surface area is 180 Å². The van der Waals surface area contributed by atoms with E-state index >= 15 is 0 Å². The summed E-state index contributed by atoms with van der Waals surface area (Å²) in [4.78, 5) is 27.1. The highest BCUT2D eigenvalue weighted by molar-refractivity contribution is 7.68. The number of hydrogen-bond acceptors (Lipinski definition) is 5. The molecule has 0 saturated heterocycles. The van der Waals surface area contributed by atoms with Crippen LogP contribution in [0.25, 0.3) is 0 Å². The molecule has 0 aliphatic rings. The maximum atomic E-state index is 11.7. The van der Waals surface area contributed by atoms with Crippen molar-refractivity contribution in [1.82, 2.24) is 0 Å². The van der Waals surface area contributed by atoms with Gasteiger partial charge in [0.15, 0.2) is 0 Å². The standard InChI is InChI=1S/C19H35O8P3/c1-5-6-10-17(2)11-7-12-18(3)13-8-14-19(4)15-9-16-29(22,23)27-30(24,25)26-28(20)21/h9,11,13,15-16,28H,5-8,10,12,14H2,1-4H3,(H,20,21)(H,22,23)(H,24,25). The van der Waals surface area contributed by atoms with Crippen LogP contribution in [0.5, 0.6) is 0 Å². The average molecular weight is 484 g/mol. The first-order chi connectivity index (χ1) is 13.9. The molecule has 0 aromatic carbocycles. The van der Waals surface area contributed by atoms with E-state index in [1.165, 1.54) is 30.1 Å². The number of unbranched alkanes of at least 4 members (excludes halogenated alkanes) is 1. The van der Waals surface area contributed by atoms with Gasteiger partial charge >= 0.3 is 23.7 Å². The molecule has 3 N–H and O–H groups in total. The van der Waals surface area contributed by atoms with Gasteiger partial charge in [-0.1, -0.05) is 54.4 Å². The quantitative estimate of drug-likeness (QED) is 0.132. The first-order valence-electron chi connectivity index (χ1n) is 9.82. The van der Waals surface area contributed by atoms with E-state index in [4.69, 9.17) is 9.79 Å².